The fraction of sp³-hybridized carbons (Fsp3) is 0.0556. The Labute approximate surface area is 335 Å². The van der Waals surface area contributed by atoms with Crippen molar-refractivity contribution < 1.29 is 4.42 Å². The normalized spacial score (nSPS) is 13.1. The molecule has 0 bridgehead atoms. The zero-order valence-electron chi connectivity index (χ0n) is 32.0. The minimum absolute atomic E-state index is 0.0887. The van der Waals surface area contributed by atoms with Gasteiger partial charge in [-0.1, -0.05) is 166 Å². The van der Waals surface area contributed by atoms with E-state index in [1.165, 1.54) is 27.8 Å². The highest BCUT2D eigenvalue weighted by Gasteiger charge is 2.35. The van der Waals surface area contributed by atoms with Crippen LogP contribution >= 0.6 is 0 Å². The van der Waals surface area contributed by atoms with Gasteiger partial charge in [0.2, 0.25) is 0 Å². The van der Waals surface area contributed by atoms with Crippen LogP contribution in [-0.4, -0.2) is 15.0 Å². The molecule has 0 radical (unpaired) electrons. The monoisotopic (exact) mass is 741 g/mol. The van der Waals surface area contributed by atoms with Gasteiger partial charge in [0.25, 0.3) is 0 Å². The summed E-state index contributed by atoms with van der Waals surface area (Å²) >= 11 is 0. The Morgan fingerprint density at radius 2 is 0.879 bits per heavy atom. The molecule has 0 saturated heterocycles. The van der Waals surface area contributed by atoms with E-state index in [0.717, 1.165) is 76.5 Å². The summed E-state index contributed by atoms with van der Waals surface area (Å²) in [6.07, 6.45) is 0. The smallest absolute Gasteiger partial charge is 0.164 e. The van der Waals surface area contributed by atoms with Crippen LogP contribution in [0, 0.1) is 0 Å². The van der Waals surface area contributed by atoms with E-state index in [0.29, 0.717) is 17.5 Å². The molecule has 1 aliphatic rings. The van der Waals surface area contributed by atoms with E-state index in [1.807, 2.05) is 18.2 Å². The highest BCUT2D eigenvalue weighted by Crippen LogP contribution is 2.49. The van der Waals surface area contributed by atoms with Gasteiger partial charge in [0.1, 0.15) is 11.2 Å². The van der Waals surface area contributed by atoms with E-state index in [-0.39, 0.29) is 5.41 Å². The van der Waals surface area contributed by atoms with Crippen LogP contribution in [0.1, 0.15) is 25.0 Å². The zero-order chi connectivity index (χ0) is 38.5. The van der Waals surface area contributed by atoms with Crippen molar-refractivity contribution in [3.8, 4) is 56.4 Å². The molecule has 0 amide bonds. The predicted molar refractivity (Wildman–Crippen MR) is 239 cm³/mol. The summed E-state index contributed by atoms with van der Waals surface area (Å²) in [5.41, 5.74) is 12.0. The summed E-state index contributed by atoms with van der Waals surface area (Å²) in [6, 6.07) is 62.4. The van der Waals surface area contributed by atoms with E-state index in [4.69, 9.17) is 19.4 Å². The molecule has 4 heteroatoms. The first-order chi connectivity index (χ1) is 28.5. The van der Waals surface area contributed by atoms with E-state index in [1.54, 1.807) is 0 Å². The van der Waals surface area contributed by atoms with Gasteiger partial charge >= 0.3 is 0 Å². The summed E-state index contributed by atoms with van der Waals surface area (Å²) in [6.45, 7) is 4.61. The molecule has 2 heterocycles. The van der Waals surface area contributed by atoms with Crippen LogP contribution < -0.4 is 0 Å². The molecule has 11 aromatic rings. The van der Waals surface area contributed by atoms with Crippen molar-refractivity contribution in [3.63, 3.8) is 0 Å². The molecular formula is C54H35N3O. The third-order valence-corrected chi connectivity index (χ3v) is 12.3. The van der Waals surface area contributed by atoms with Gasteiger partial charge in [0.05, 0.1) is 0 Å². The molecule has 0 atom stereocenters. The lowest BCUT2D eigenvalue weighted by molar-refractivity contribution is 0.660. The summed E-state index contributed by atoms with van der Waals surface area (Å²) in [4.78, 5) is 15.7. The van der Waals surface area contributed by atoms with Gasteiger partial charge < -0.3 is 4.42 Å². The second-order valence-corrected chi connectivity index (χ2v) is 15.9. The summed E-state index contributed by atoms with van der Waals surface area (Å²) in [5.74, 6) is 1.91. The number of benzene rings is 9. The average Bonchev–Trinajstić information content (AvgIpc) is 3.78. The first-order valence-corrected chi connectivity index (χ1v) is 19.9. The zero-order valence-corrected chi connectivity index (χ0v) is 32.0. The minimum atomic E-state index is -0.0887. The van der Waals surface area contributed by atoms with Crippen molar-refractivity contribution in [1.82, 2.24) is 15.0 Å². The molecule has 272 valence electrons. The van der Waals surface area contributed by atoms with Gasteiger partial charge in [0, 0.05) is 38.3 Å². The second-order valence-electron chi connectivity index (χ2n) is 15.9. The Bertz CT molecular complexity index is 3450. The van der Waals surface area contributed by atoms with Crippen molar-refractivity contribution in [2.24, 2.45) is 0 Å². The number of fused-ring (bicyclic) bond motifs is 13. The van der Waals surface area contributed by atoms with Crippen LogP contribution in [0.3, 0.4) is 0 Å². The van der Waals surface area contributed by atoms with Crippen LogP contribution in [0.4, 0.5) is 0 Å². The van der Waals surface area contributed by atoms with Crippen LogP contribution in [-0.2, 0) is 5.41 Å². The van der Waals surface area contributed by atoms with Crippen molar-refractivity contribution in [3.05, 3.63) is 187 Å². The topological polar surface area (TPSA) is 51.8 Å². The van der Waals surface area contributed by atoms with Crippen molar-refractivity contribution >= 4 is 54.3 Å². The lowest BCUT2D eigenvalue weighted by Crippen LogP contribution is -2.14. The molecule has 0 aliphatic heterocycles. The Morgan fingerprint density at radius 1 is 0.362 bits per heavy atom. The molecule has 58 heavy (non-hydrogen) atoms. The van der Waals surface area contributed by atoms with Crippen molar-refractivity contribution in [1.29, 1.82) is 0 Å². The Morgan fingerprint density at radius 3 is 1.69 bits per heavy atom. The third-order valence-electron chi connectivity index (χ3n) is 12.3. The molecule has 1 aliphatic carbocycles. The van der Waals surface area contributed by atoms with E-state index < -0.39 is 0 Å². The second kappa shape index (κ2) is 12.3. The van der Waals surface area contributed by atoms with Gasteiger partial charge in [-0.05, 0) is 84.6 Å². The van der Waals surface area contributed by atoms with Gasteiger partial charge in [0.15, 0.2) is 17.5 Å². The molecule has 9 aromatic carbocycles. The first kappa shape index (κ1) is 32.8. The number of aromatic nitrogens is 3. The predicted octanol–water partition coefficient (Wildman–Crippen LogP) is 14.2. The van der Waals surface area contributed by atoms with E-state index in [9.17, 15) is 0 Å². The minimum Gasteiger partial charge on any atom is -0.455 e. The maximum Gasteiger partial charge on any atom is 0.164 e. The van der Waals surface area contributed by atoms with Crippen LogP contribution in [0.2, 0.25) is 0 Å². The number of hydrogen-bond acceptors (Lipinski definition) is 4. The van der Waals surface area contributed by atoms with Gasteiger partial charge in [-0.2, -0.15) is 0 Å². The third kappa shape index (κ3) is 4.85. The first-order valence-electron chi connectivity index (χ1n) is 19.9. The molecule has 0 fully saturated rings. The van der Waals surface area contributed by atoms with Crippen LogP contribution in [0.25, 0.3) is 111 Å². The van der Waals surface area contributed by atoms with Gasteiger partial charge in [-0.25, -0.2) is 15.0 Å². The Hall–Kier alpha value is -7.43. The number of furan rings is 1. The molecule has 0 saturated carbocycles. The molecular weight excluding hydrogens is 707 g/mol. The number of hydrogen-bond donors (Lipinski definition) is 0. The molecule has 4 nitrogen and oxygen atoms in total. The van der Waals surface area contributed by atoms with Crippen molar-refractivity contribution in [2.75, 3.05) is 0 Å². The fourth-order valence-electron chi connectivity index (χ4n) is 9.42. The summed E-state index contributed by atoms with van der Waals surface area (Å²) in [5, 5.41) is 9.16. The molecule has 0 unspecified atom stereocenters. The standard InChI is InChI=1S/C54H35N3O/c1-54(2)46-18-10-8-15-39(46)45-31-36(25-29-47(45)54)53-56-51(34-22-20-33(21-23-34)32-12-4-3-5-13-32)55-52(57-53)35-24-26-38-42-27-28-43-40-16-9-11-19-48(40)58-50(43)49(42)41-17-7-6-14-37(41)44(38)30-35/h3-31H,1-2H3. The maximum absolute atomic E-state index is 6.59. The Kier molecular flexibility index (Phi) is 6.94. The largest absolute Gasteiger partial charge is 0.455 e. The highest BCUT2D eigenvalue weighted by molar-refractivity contribution is 6.32. The quantitative estimate of drug-likeness (QED) is 0.169. The molecule has 0 spiro atoms. The van der Waals surface area contributed by atoms with Crippen molar-refractivity contribution in [2.45, 2.75) is 19.3 Å². The SMILES string of the molecule is CC1(C)c2ccccc2-c2cc(-c3nc(-c4ccc(-c5ccccc5)cc4)nc(-c4ccc5c(c4)c4ccccc4c4c5ccc5c6ccccc6oc54)n3)ccc21. The maximum atomic E-state index is 6.59. The number of para-hydroxylation sites is 1. The van der Waals surface area contributed by atoms with Crippen LogP contribution in [0.5, 0.6) is 0 Å². The van der Waals surface area contributed by atoms with E-state index >= 15 is 0 Å². The molecule has 0 N–H and O–H groups in total. The summed E-state index contributed by atoms with van der Waals surface area (Å²) in [7, 11) is 0. The fourth-order valence-corrected chi connectivity index (χ4v) is 9.42. The Balaban J connectivity index is 1.07. The molecule has 2 aromatic heterocycles. The highest BCUT2D eigenvalue weighted by atomic mass is 16.3. The van der Waals surface area contributed by atoms with Gasteiger partial charge in [-0.15, -0.1) is 0 Å². The van der Waals surface area contributed by atoms with Gasteiger partial charge in [-0.3, -0.25) is 0 Å². The lowest BCUT2D eigenvalue weighted by atomic mass is 9.82. The number of rotatable bonds is 4. The number of nitrogens with zero attached hydrogens (tertiary/aromatic N) is 3. The molecule has 12 rings (SSSR count). The van der Waals surface area contributed by atoms with Crippen LogP contribution in [0.15, 0.2) is 180 Å². The summed E-state index contributed by atoms with van der Waals surface area (Å²) < 4.78 is 6.59. The average molecular weight is 742 g/mol. The van der Waals surface area contributed by atoms with E-state index in [2.05, 4.69) is 172 Å². The lowest BCUT2D eigenvalue weighted by Gasteiger charge is -2.21.